The van der Waals surface area contributed by atoms with Gasteiger partial charge in [-0.05, 0) is 31.0 Å². The lowest BCUT2D eigenvalue weighted by Crippen LogP contribution is -2.45. The average molecular weight is 375 g/mol. The van der Waals surface area contributed by atoms with E-state index in [-0.39, 0.29) is 11.8 Å². The van der Waals surface area contributed by atoms with Crippen molar-refractivity contribution < 1.29 is 9.53 Å². The molecule has 1 aliphatic heterocycles. The van der Waals surface area contributed by atoms with Crippen LogP contribution in [0.2, 0.25) is 5.02 Å². The standard InChI is InChI=1S/C19H23ClN4O2/c1-23(12-13-26-17-8-3-2-7-16(17)20)18(25)15-6-4-11-24(14-15)19-21-9-5-10-22-19/h2-3,5,7-10,15H,4,6,11-14H2,1H3/t15-/m0/s1. The highest BCUT2D eigenvalue weighted by molar-refractivity contribution is 6.32. The van der Waals surface area contributed by atoms with Crippen molar-refractivity contribution in [2.45, 2.75) is 12.8 Å². The molecule has 2 heterocycles. The van der Waals surface area contributed by atoms with Gasteiger partial charge in [-0.3, -0.25) is 4.79 Å². The summed E-state index contributed by atoms with van der Waals surface area (Å²) >= 11 is 6.08. The van der Waals surface area contributed by atoms with Crippen molar-refractivity contribution in [2.24, 2.45) is 5.92 Å². The third kappa shape index (κ3) is 4.64. The molecule has 0 radical (unpaired) electrons. The van der Waals surface area contributed by atoms with Gasteiger partial charge in [-0.15, -0.1) is 0 Å². The van der Waals surface area contributed by atoms with E-state index in [1.54, 1.807) is 29.4 Å². The number of para-hydroxylation sites is 1. The van der Waals surface area contributed by atoms with E-state index in [1.165, 1.54) is 0 Å². The summed E-state index contributed by atoms with van der Waals surface area (Å²) < 4.78 is 5.68. The molecule has 2 aromatic rings. The molecular weight excluding hydrogens is 352 g/mol. The lowest BCUT2D eigenvalue weighted by Gasteiger charge is -2.33. The van der Waals surface area contributed by atoms with Crippen LogP contribution in [0.1, 0.15) is 12.8 Å². The van der Waals surface area contributed by atoms with Crippen LogP contribution in [0.5, 0.6) is 5.75 Å². The second-order valence-electron chi connectivity index (χ2n) is 6.37. The van der Waals surface area contributed by atoms with Crippen LogP contribution in [0.3, 0.4) is 0 Å². The minimum absolute atomic E-state index is 0.0436. The van der Waals surface area contributed by atoms with Crippen LogP contribution >= 0.6 is 11.6 Å². The Kier molecular flexibility index (Phi) is 6.28. The molecule has 1 fully saturated rings. The van der Waals surface area contributed by atoms with Crippen molar-refractivity contribution in [1.82, 2.24) is 14.9 Å². The Bertz CT molecular complexity index is 728. The van der Waals surface area contributed by atoms with E-state index < -0.39 is 0 Å². The molecule has 1 aliphatic rings. The second kappa shape index (κ2) is 8.85. The molecule has 1 aromatic carbocycles. The highest BCUT2D eigenvalue weighted by atomic mass is 35.5. The van der Waals surface area contributed by atoms with Crippen molar-refractivity contribution in [3.8, 4) is 5.75 Å². The molecule has 0 bridgehead atoms. The number of amides is 1. The summed E-state index contributed by atoms with van der Waals surface area (Å²) in [4.78, 5) is 25.2. The van der Waals surface area contributed by atoms with Gasteiger partial charge in [-0.2, -0.15) is 0 Å². The Labute approximate surface area is 158 Å². The normalized spacial score (nSPS) is 17.0. The highest BCUT2D eigenvalue weighted by Crippen LogP contribution is 2.23. The fourth-order valence-corrected chi connectivity index (χ4v) is 3.28. The topological polar surface area (TPSA) is 58.6 Å². The number of nitrogens with zero attached hydrogens (tertiary/aromatic N) is 4. The van der Waals surface area contributed by atoms with Crippen LogP contribution in [0.15, 0.2) is 42.7 Å². The van der Waals surface area contributed by atoms with Gasteiger partial charge >= 0.3 is 0 Å². The predicted octanol–water partition coefficient (Wildman–Crippen LogP) is 2.88. The van der Waals surface area contributed by atoms with Gasteiger partial charge in [-0.25, -0.2) is 9.97 Å². The van der Waals surface area contributed by atoms with Crippen LogP contribution in [0, 0.1) is 5.92 Å². The van der Waals surface area contributed by atoms with Gasteiger partial charge < -0.3 is 14.5 Å². The number of hydrogen-bond donors (Lipinski definition) is 0. The molecule has 1 saturated heterocycles. The van der Waals surface area contributed by atoms with Crippen molar-refractivity contribution in [3.63, 3.8) is 0 Å². The first-order valence-electron chi connectivity index (χ1n) is 8.79. The molecule has 0 aliphatic carbocycles. The molecule has 6 nitrogen and oxygen atoms in total. The lowest BCUT2D eigenvalue weighted by atomic mass is 9.97. The fourth-order valence-electron chi connectivity index (χ4n) is 3.09. The number of carbonyl (C=O) groups is 1. The third-order valence-electron chi connectivity index (χ3n) is 4.50. The van der Waals surface area contributed by atoms with E-state index in [1.807, 2.05) is 25.2 Å². The van der Waals surface area contributed by atoms with E-state index >= 15 is 0 Å². The number of likely N-dealkylation sites (N-methyl/N-ethyl adjacent to an activating group) is 1. The first kappa shape index (κ1) is 18.5. The molecular formula is C19H23ClN4O2. The van der Waals surface area contributed by atoms with Gasteiger partial charge in [0.1, 0.15) is 12.4 Å². The Morgan fingerprint density at radius 2 is 2.08 bits per heavy atom. The molecule has 3 rings (SSSR count). The number of carbonyl (C=O) groups excluding carboxylic acids is 1. The summed E-state index contributed by atoms with van der Waals surface area (Å²) in [5.41, 5.74) is 0. The van der Waals surface area contributed by atoms with Crippen LogP contribution in [-0.4, -0.2) is 54.1 Å². The third-order valence-corrected chi connectivity index (χ3v) is 4.82. The number of benzene rings is 1. The fraction of sp³-hybridized carbons (Fsp3) is 0.421. The molecule has 1 amide bonds. The van der Waals surface area contributed by atoms with Gasteiger partial charge in [0.05, 0.1) is 17.5 Å². The second-order valence-corrected chi connectivity index (χ2v) is 6.78. The molecule has 1 aromatic heterocycles. The van der Waals surface area contributed by atoms with Crippen LogP contribution in [0.25, 0.3) is 0 Å². The first-order valence-corrected chi connectivity index (χ1v) is 9.17. The Balaban J connectivity index is 1.50. The maximum absolute atomic E-state index is 12.8. The number of halogens is 1. The minimum Gasteiger partial charge on any atom is -0.490 e. The van der Waals surface area contributed by atoms with Crippen LogP contribution in [0.4, 0.5) is 5.95 Å². The first-order chi connectivity index (χ1) is 12.6. The molecule has 0 spiro atoms. The van der Waals surface area contributed by atoms with Gasteiger partial charge in [0.25, 0.3) is 0 Å². The van der Waals surface area contributed by atoms with Crippen LogP contribution in [-0.2, 0) is 4.79 Å². The number of piperidine rings is 1. The number of anilines is 1. The van der Waals surface area contributed by atoms with E-state index in [0.29, 0.717) is 36.4 Å². The average Bonchev–Trinajstić information content (AvgIpc) is 2.69. The summed E-state index contributed by atoms with van der Waals surface area (Å²) in [7, 11) is 1.82. The van der Waals surface area contributed by atoms with Crippen molar-refractivity contribution in [3.05, 3.63) is 47.7 Å². The minimum atomic E-state index is -0.0436. The monoisotopic (exact) mass is 374 g/mol. The van der Waals surface area contributed by atoms with Crippen LogP contribution < -0.4 is 9.64 Å². The van der Waals surface area contributed by atoms with Crippen molar-refractivity contribution >= 4 is 23.5 Å². The zero-order chi connectivity index (χ0) is 18.4. The molecule has 138 valence electrons. The number of aromatic nitrogens is 2. The maximum Gasteiger partial charge on any atom is 0.227 e. The zero-order valence-corrected chi connectivity index (χ0v) is 15.6. The number of ether oxygens (including phenoxy) is 1. The number of rotatable bonds is 6. The summed E-state index contributed by atoms with van der Waals surface area (Å²) in [6.07, 6.45) is 5.30. The van der Waals surface area contributed by atoms with E-state index in [2.05, 4.69) is 14.9 Å². The molecule has 7 heteroatoms. The van der Waals surface area contributed by atoms with Gasteiger partial charge in [0.15, 0.2) is 0 Å². The van der Waals surface area contributed by atoms with E-state index in [4.69, 9.17) is 16.3 Å². The largest absolute Gasteiger partial charge is 0.490 e. The maximum atomic E-state index is 12.8. The SMILES string of the molecule is CN(CCOc1ccccc1Cl)C(=O)[C@H]1CCCN(c2ncccn2)C1. The van der Waals surface area contributed by atoms with Gasteiger partial charge in [0, 0.05) is 32.5 Å². The molecule has 0 saturated carbocycles. The molecule has 1 atom stereocenters. The molecule has 0 unspecified atom stereocenters. The summed E-state index contributed by atoms with van der Waals surface area (Å²) in [5.74, 6) is 1.42. The highest BCUT2D eigenvalue weighted by Gasteiger charge is 2.28. The van der Waals surface area contributed by atoms with E-state index in [0.717, 1.165) is 19.4 Å². The zero-order valence-electron chi connectivity index (χ0n) is 14.8. The molecule has 26 heavy (non-hydrogen) atoms. The number of hydrogen-bond acceptors (Lipinski definition) is 5. The Morgan fingerprint density at radius 1 is 1.31 bits per heavy atom. The Hall–Kier alpha value is -2.34. The van der Waals surface area contributed by atoms with Crippen molar-refractivity contribution in [2.75, 3.05) is 38.2 Å². The van der Waals surface area contributed by atoms with E-state index in [9.17, 15) is 4.79 Å². The Morgan fingerprint density at radius 3 is 2.85 bits per heavy atom. The predicted molar refractivity (Wildman–Crippen MR) is 102 cm³/mol. The summed E-state index contributed by atoms with van der Waals surface area (Å²) in [6, 6.07) is 9.13. The summed E-state index contributed by atoms with van der Waals surface area (Å²) in [6.45, 7) is 2.46. The van der Waals surface area contributed by atoms with Gasteiger partial charge in [-0.1, -0.05) is 23.7 Å². The van der Waals surface area contributed by atoms with Gasteiger partial charge in [0.2, 0.25) is 11.9 Å². The smallest absolute Gasteiger partial charge is 0.227 e. The lowest BCUT2D eigenvalue weighted by molar-refractivity contribution is -0.134. The summed E-state index contributed by atoms with van der Waals surface area (Å²) in [5, 5.41) is 0.576. The molecule has 0 N–H and O–H groups in total. The van der Waals surface area contributed by atoms with Crippen molar-refractivity contribution in [1.29, 1.82) is 0 Å². The quantitative estimate of drug-likeness (QED) is 0.778.